The summed E-state index contributed by atoms with van der Waals surface area (Å²) in [6.07, 6.45) is 0. The number of hydrogen-bond donors (Lipinski definition) is 4. The maximum absolute atomic E-state index is 9.53. The lowest BCUT2D eigenvalue weighted by atomic mass is 11.1. The molecule has 0 unspecified atom stereocenters. The molecular formula is CH7N6O5+. The van der Waals surface area contributed by atoms with Crippen molar-refractivity contribution in [3.05, 3.63) is 15.0 Å². The van der Waals surface area contributed by atoms with Gasteiger partial charge in [-0.3, -0.25) is 5.41 Å². The Bertz CT molecular complexity index is 173. The normalized spacial score (nSPS) is 7.08. The van der Waals surface area contributed by atoms with E-state index in [2.05, 4.69) is 27.2 Å². The molecule has 0 aliphatic carbocycles. The van der Waals surface area contributed by atoms with Crippen LogP contribution in [0.15, 0.2) is 0 Å². The lowest BCUT2D eigenvalue weighted by Gasteiger charge is -1.75. The second-order valence-corrected chi connectivity index (χ2v) is 1.09. The van der Waals surface area contributed by atoms with Crippen molar-refractivity contribution in [1.29, 1.82) is 5.41 Å². The minimum atomic E-state index is -1.36. The third kappa shape index (κ3) is 24.9. The molecule has 0 radical (unpaired) electrons. The predicted octanol–water partition coefficient (Wildman–Crippen LogP) is -2.47. The molecule has 0 aromatic rings. The molecule has 11 nitrogen and oxygen atoms in total. The minimum Gasteiger partial charge on any atom is -0.370 e. The van der Waals surface area contributed by atoms with Gasteiger partial charge in [0.2, 0.25) is 0 Å². The fourth-order valence-corrected chi connectivity index (χ4v) is 0.0737. The Hall–Kier alpha value is -2.17. The van der Waals surface area contributed by atoms with Crippen molar-refractivity contribution < 1.29 is 20.0 Å². The molecule has 0 saturated carbocycles. The molecule has 0 aromatic carbocycles. The highest BCUT2D eigenvalue weighted by Crippen LogP contribution is 1.73. The third-order valence-electron chi connectivity index (χ3n) is 0.219. The molecule has 7 N–H and O–H groups in total. The highest BCUT2D eigenvalue weighted by Gasteiger charge is 2.15. The Morgan fingerprint density at radius 2 is 1.75 bits per heavy atom. The molecule has 0 amide bonds. The van der Waals surface area contributed by atoms with Crippen LogP contribution in [0, 0.1) is 20.4 Å². The van der Waals surface area contributed by atoms with Gasteiger partial charge in [-0.1, -0.05) is 10.8 Å². The lowest BCUT2D eigenvalue weighted by molar-refractivity contribution is -1.14. The molecule has 0 heterocycles. The van der Waals surface area contributed by atoms with Gasteiger partial charge in [-0.2, -0.15) is 0 Å². The predicted molar refractivity (Wildman–Crippen MR) is 33.1 cm³/mol. The highest BCUT2D eigenvalue weighted by molar-refractivity contribution is 5.71. The van der Waals surface area contributed by atoms with Crippen LogP contribution in [0.25, 0.3) is 0 Å². The van der Waals surface area contributed by atoms with E-state index in [1.165, 1.54) is 0 Å². The van der Waals surface area contributed by atoms with E-state index in [1.807, 2.05) is 0 Å². The molecule has 12 heavy (non-hydrogen) atoms. The van der Waals surface area contributed by atoms with Gasteiger partial charge in [0.1, 0.15) is 4.91 Å². The first-order valence-electron chi connectivity index (χ1n) is 2.16. The molecule has 0 saturated heterocycles. The maximum atomic E-state index is 9.53. The first-order valence-corrected chi connectivity index (χ1v) is 2.16. The van der Waals surface area contributed by atoms with E-state index >= 15 is 0 Å². The average molecular weight is 183 g/mol. The summed E-state index contributed by atoms with van der Waals surface area (Å²) >= 11 is 0. The quantitative estimate of drug-likeness (QED) is 0.160. The topological polar surface area (TPSA) is 184 Å². The van der Waals surface area contributed by atoms with Crippen molar-refractivity contribution in [2.45, 2.75) is 0 Å². The van der Waals surface area contributed by atoms with Gasteiger partial charge in [-0.25, -0.2) is 0 Å². The summed E-state index contributed by atoms with van der Waals surface area (Å²) in [4.78, 5) is 24.9. The lowest BCUT2D eigenvalue weighted by Crippen LogP contribution is -2.20. The monoisotopic (exact) mass is 183 g/mol. The molecule has 0 aliphatic rings. The Labute approximate surface area is 65.1 Å². The first kappa shape index (κ1) is 12.5. The zero-order valence-corrected chi connectivity index (χ0v) is 5.67. The number of nitrogens with one attached hydrogen (secondary N) is 1. The third-order valence-corrected chi connectivity index (χ3v) is 0.219. The Morgan fingerprint density at radius 1 is 1.42 bits per heavy atom. The van der Waals surface area contributed by atoms with Gasteiger partial charge in [-0.15, -0.1) is 10.1 Å². The minimum absolute atomic E-state index is 0.333. The molecule has 0 spiro atoms. The molecule has 70 valence electrons. The molecule has 11 heteroatoms. The van der Waals surface area contributed by atoms with Gasteiger partial charge >= 0.3 is 10.2 Å². The molecule has 0 aliphatic heterocycles. The Balaban J connectivity index is 0. The molecule has 0 aromatic heterocycles. The molecule has 0 rings (SSSR count). The number of rotatable bonds is 3. The average Bonchev–Trinajstić information content (AvgIpc) is 1.84. The SMILES string of the molecule is N=C(N)N.NO[N+](=O)O[N+](=O)[O-]. The molecule has 0 fully saturated rings. The van der Waals surface area contributed by atoms with Crippen LogP contribution in [-0.4, -0.2) is 16.1 Å². The van der Waals surface area contributed by atoms with E-state index in [-0.39, 0.29) is 5.96 Å². The summed E-state index contributed by atoms with van der Waals surface area (Å²) in [6.45, 7) is 0. The number of hydrogen-bond acceptors (Lipinski definition) is 7. The van der Waals surface area contributed by atoms with E-state index < -0.39 is 10.2 Å². The molecular weight excluding hydrogens is 176 g/mol. The van der Waals surface area contributed by atoms with Crippen molar-refractivity contribution in [2.24, 2.45) is 17.4 Å². The maximum Gasteiger partial charge on any atom is 0.495 e. The zero-order valence-electron chi connectivity index (χ0n) is 5.67. The van der Waals surface area contributed by atoms with Gasteiger partial charge in [0, 0.05) is 0 Å². The summed E-state index contributed by atoms with van der Waals surface area (Å²) in [5.74, 6) is 3.77. The van der Waals surface area contributed by atoms with Crippen LogP contribution in [0.2, 0.25) is 0 Å². The molecule has 0 atom stereocenters. The summed E-state index contributed by atoms with van der Waals surface area (Å²) in [7, 11) is 0. The number of nitrogens with two attached hydrogens (primary N) is 3. The number of nitrogens with zero attached hydrogens (tertiary/aromatic N) is 2. The van der Waals surface area contributed by atoms with E-state index in [0.29, 0.717) is 0 Å². The van der Waals surface area contributed by atoms with Gasteiger partial charge in [0.25, 0.3) is 0 Å². The largest absolute Gasteiger partial charge is 0.495 e. The van der Waals surface area contributed by atoms with Crippen molar-refractivity contribution >= 4 is 5.96 Å². The molecule has 0 bridgehead atoms. The van der Waals surface area contributed by atoms with Crippen LogP contribution in [0.1, 0.15) is 0 Å². The summed E-state index contributed by atoms with van der Waals surface area (Å²) in [5, 5.41) is 13.0. The van der Waals surface area contributed by atoms with E-state index in [4.69, 9.17) is 5.41 Å². The summed E-state index contributed by atoms with van der Waals surface area (Å²) in [6, 6.07) is 0. The van der Waals surface area contributed by atoms with Crippen molar-refractivity contribution in [3.8, 4) is 0 Å². The standard InChI is InChI=1S/CH5N3.H2N3O5/c2-1(3)4;1-7-3(6)8-2(4)5/h(H5,2,3,4);1H2/q;+1. The highest BCUT2D eigenvalue weighted by atomic mass is 17.2. The fourth-order valence-electron chi connectivity index (χ4n) is 0.0737. The van der Waals surface area contributed by atoms with Crippen LogP contribution >= 0.6 is 0 Å². The Kier molecular flexibility index (Phi) is 7.23. The first-order chi connectivity index (χ1) is 5.40. The van der Waals surface area contributed by atoms with Gasteiger partial charge in [0.15, 0.2) is 5.96 Å². The zero-order chi connectivity index (χ0) is 10.1. The van der Waals surface area contributed by atoms with Crippen LogP contribution in [0.3, 0.4) is 0 Å². The van der Waals surface area contributed by atoms with Crippen molar-refractivity contribution in [3.63, 3.8) is 0 Å². The van der Waals surface area contributed by atoms with Crippen LogP contribution in [-0.2, 0) is 9.88 Å². The van der Waals surface area contributed by atoms with Crippen LogP contribution in [0.4, 0.5) is 0 Å². The van der Waals surface area contributed by atoms with Gasteiger partial charge in [0.05, 0.1) is 4.94 Å². The van der Waals surface area contributed by atoms with Gasteiger partial charge in [-0.05, 0) is 0 Å². The van der Waals surface area contributed by atoms with Gasteiger partial charge < -0.3 is 11.5 Å². The van der Waals surface area contributed by atoms with Crippen LogP contribution < -0.4 is 17.4 Å². The second kappa shape index (κ2) is 6.94. The smallest absolute Gasteiger partial charge is 0.370 e. The summed E-state index contributed by atoms with van der Waals surface area (Å²) < 4.78 is 0. The summed E-state index contributed by atoms with van der Waals surface area (Å²) in [5.41, 5.74) is 8.94. The number of guanidine groups is 1. The van der Waals surface area contributed by atoms with E-state index in [1.54, 1.807) is 0 Å². The van der Waals surface area contributed by atoms with E-state index in [9.17, 15) is 15.0 Å². The second-order valence-electron chi connectivity index (χ2n) is 1.09. The van der Waals surface area contributed by atoms with Crippen molar-refractivity contribution in [2.75, 3.05) is 0 Å². The Morgan fingerprint density at radius 3 is 1.83 bits per heavy atom. The van der Waals surface area contributed by atoms with Crippen molar-refractivity contribution in [1.82, 2.24) is 0 Å². The van der Waals surface area contributed by atoms with E-state index in [0.717, 1.165) is 0 Å². The van der Waals surface area contributed by atoms with Crippen LogP contribution in [0.5, 0.6) is 0 Å². The fraction of sp³-hybridized carbons (Fsp3) is 0.